The number of benzene rings is 1. The molecule has 2 saturated heterocycles. The van der Waals surface area contributed by atoms with Gasteiger partial charge in [0.25, 0.3) is 0 Å². The van der Waals surface area contributed by atoms with Crippen LogP contribution >= 0.6 is 0 Å². The van der Waals surface area contributed by atoms with E-state index in [0.29, 0.717) is 29.2 Å². The van der Waals surface area contributed by atoms with Gasteiger partial charge in [0.15, 0.2) is 5.82 Å². The minimum Gasteiger partial charge on any atom is -0.654 e. The Balaban J connectivity index is 1.71. The lowest BCUT2D eigenvalue weighted by Crippen LogP contribution is -2.40. The number of nitrogens with two attached hydrogens (primary N) is 1. The predicted molar refractivity (Wildman–Crippen MR) is 85.9 cm³/mol. The zero-order valence-corrected chi connectivity index (χ0v) is 12.2. The van der Waals surface area contributed by atoms with Crippen LogP contribution in [0, 0.1) is 0 Å². The van der Waals surface area contributed by atoms with E-state index in [4.69, 9.17) is 11.1 Å². The lowest BCUT2D eigenvalue weighted by Gasteiger charge is -2.44. The Hall–Kier alpha value is -2.34. The number of fused-ring (bicyclic) bond motifs is 2. The van der Waals surface area contributed by atoms with Crippen molar-refractivity contribution in [3.63, 3.8) is 0 Å². The number of nitrogens with zero attached hydrogens (tertiary/aromatic N) is 4. The first-order valence-electron chi connectivity index (χ1n) is 7.57. The summed E-state index contributed by atoms with van der Waals surface area (Å²) < 4.78 is 0. The van der Waals surface area contributed by atoms with Gasteiger partial charge >= 0.3 is 0 Å². The van der Waals surface area contributed by atoms with E-state index in [1.54, 1.807) is 12.1 Å². The summed E-state index contributed by atoms with van der Waals surface area (Å²) >= 11 is 0. The number of nitrogen functional groups attached to an aromatic ring is 1. The van der Waals surface area contributed by atoms with Crippen LogP contribution in [0.2, 0.25) is 0 Å². The van der Waals surface area contributed by atoms with Crippen LogP contribution in [0.15, 0.2) is 30.3 Å². The average Bonchev–Trinajstić information content (AvgIpc) is 2.87. The van der Waals surface area contributed by atoms with Crippen molar-refractivity contribution in [3.05, 3.63) is 35.6 Å². The number of hydrogen-bond acceptors (Lipinski definition) is 5. The zero-order valence-electron chi connectivity index (χ0n) is 12.2. The van der Waals surface area contributed by atoms with Crippen molar-refractivity contribution in [2.45, 2.75) is 24.9 Å². The first-order chi connectivity index (χ1) is 10.7. The van der Waals surface area contributed by atoms with Crippen LogP contribution in [0.25, 0.3) is 16.6 Å². The van der Waals surface area contributed by atoms with Crippen LogP contribution < -0.4 is 10.6 Å². The van der Waals surface area contributed by atoms with E-state index in [0.717, 1.165) is 31.6 Å². The molecule has 2 bridgehead atoms. The molecule has 114 valence electrons. The molecular weight excluding hydrogens is 278 g/mol. The van der Waals surface area contributed by atoms with Crippen molar-refractivity contribution in [3.8, 4) is 17.0 Å². The molecule has 0 spiro atoms. The van der Waals surface area contributed by atoms with E-state index in [1.807, 2.05) is 18.2 Å². The number of para-hydroxylation sites is 1. The lowest BCUT2D eigenvalue weighted by atomic mass is 10.1. The lowest BCUT2D eigenvalue weighted by molar-refractivity contribution is 0.477. The molecule has 22 heavy (non-hydrogen) atoms. The van der Waals surface area contributed by atoms with Gasteiger partial charge in [-0.05, 0) is 18.2 Å². The normalized spacial score (nSPS) is 23.7. The second-order valence-electron chi connectivity index (χ2n) is 5.96. The van der Waals surface area contributed by atoms with E-state index in [-0.39, 0.29) is 5.75 Å². The molecule has 2 aromatic rings. The number of anilines is 2. The second-order valence-corrected chi connectivity index (χ2v) is 5.96. The molecule has 0 saturated carbocycles. The van der Waals surface area contributed by atoms with Crippen molar-refractivity contribution < 1.29 is 5.11 Å². The van der Waals surface area contributed by atoms with Gasteiger partial charge in [0.1, 0.15) is 5.75 Å². The minimum absolute atomic E-state index is 0.196. The van der Waals surface area contributed by atoms with E-state index in [9.17, 15) is 5.11 Å². The highest BCUT2D eigenvalue weighted by Gasteiger charge is 2.25. The van der Waals surface area contributed by atoms with E-state index in [1.165, 1.54) is 0 Å². The Morgan fingerprint density at radius 3 is 2.59 bits per heavy atom. The van der Waals surface area contributed by atoms with Gasteiger partial charge in [-0.3, -0.25) is 0 Å². The Morgan fingerprint density at radius 2 is 1.86 bits per heavy atom. The smallest absolute Gasteiger partial charge is 0.169 e. The number of aromatic hydroxyl groups is 1. The van der Waals surface area contributed by atoms with Gasteiger partial charge in [0.2, 0.25) is 0 Å². The SMILES string of the molecule is Nc1nnc(-c2ccccc2O)cc1N1CC2CCC(C1)[N-]2. The third kappa shape index (κ3) is 2.25. The fourth-order valence-electron chi connectivity index (χ4n) is 3.36. The summed E-state index contributed by atoms with van der Waals surface area (Å²) in [6.45, 7) is 1.76. The standard InChI is InChI=1S/C16H18N5O/c17-16-14(21-8-10-5-6-11(9-21)18-10)7-13(19-20-16)12-3-1-2-4-15(12)22/h1-4,7,10-11,22H,5-6,8-9H2,(H2,17,20)/q-1. The zero-order chi connectivity index (χ0) is 15.1. The molecule has 0 radical (unpaired) electrons. The summed E-state index contributed by atoms with van der Waals surface area (Å²) in [7, 11) is 0. The maximum absolute atomic E-state index is 10.0. The molecule has 0 amide bonds. The summed E-state index contributed by atoms with van der Waals surface area (Å²) in [6.07, 6.45) is 2.32. The number of phenols is 1. The van der Waals surface area contributed by atoms with Crippen LogP contribution in [-0.2, 0) is 0 Å². The number of rotatable bonds is 2. The summed E-state index contributed by atoms with van der Waals surface area (Å²) in [6, 6.07) is 9.85. The fraction of sp³-hybridized carbons (Fsp3) is 0.375. The van der Waals surface area contributed by atoms with Crippen LogP contribution in [0.4, 0.5) is 11.5 Å². The predicted octanol–water partition coefficient (Wildman–Crippen LogP) is 2.16. The van der Waals surface area contributed by atoms with Crippen LogP contribution in [0.1, 0.15) is 12.8 Å². The highest BCUT2D eigenvalue weighted by Crippen LogP contribution is 2.37. The number of piperazine rings is 1. The van der Waals surface area contributed by atoms with Crippen LogP contribution in [0.3, 0.4) is 0 Å². The number of hydrogen-bond donors (Lipinski definition) is 2. The van der Waals surface area contributed by atoms with Gasteiger partial charge in [-0.25, -0.2) is 0 Å². The van der Waals surface area contributed by atoms with Crippen LogP contribution in [-0.4, -0.2) is 40.5 Å². The quantitative estimate of drug-likeness (QED) is 0.886. The Labute approximate surface area is 129 Å². The van der Waals surface area contributed by atoms with Crippen molar-refractivity contribution in [1.29, 1.82) is 0 Å². The maximum Gasteiger partial charge on any atom is 0.169 e. The molecule has 1 aromatic heterocycles. The molecule has 3 N–H and O–H groups in total. The van der Waals surface area contributed by atoms with Crippen molar-refractivity contribution in [2.24, 2.45) is 0 Å². The summed E-state index contributed by atoms with van der Waals surface area (Å²) in [5.74, 6) is 0.627. The fourth-order valence-corrected chi connectivity index (χ4v) is 3.36. The molecule has 2 unspecified atom stereocenters. The molecule has 6 nitrogen and oxygen atoms in total. The molecule has 0 aliphatic carbocycles. The molecule has 2 fully saturated rings. The van der Waals surface area contributed by atoms with E-state index < -0.39 is 0 Å². The van der Waals surface area contributed by atoms with E-state index >= 15 is 0 Å². The first kappa shape index (κ1) is 13.3. The molecule has 4 rings (SSSR count). The molecule has 3 heterocycles. The third-order valence-corrected chi connectivity index (χ3v) is 4.44. The van der Waals surface area contributed by atoms with Crippen LogP contribution in [0.5, 0.6) is 5.75 Å². The van der Waals surface area contributed by atoms with Gasteiger partial charge in [-0.1, -0.05) is 25.0 Å². The average molecular weight is 296 g/mol. The monoisotopic (exact) mass is 296 g/mol. The summed E-state index contributed by atoms with van der Waals surface area (Å²) in [4.78, 5) is 2.25. The largest absolute Gasteiger partial charge is 0.654 e. The number of phenolic OH excluding ortho intramolecular Hbond substituents is 1. The Bertz CT molecular complexity index is 693. The second kappa shape index (κ2) is 5.14. The highest BCUT2D eigenvalue weighted by molar-refractivity contribution is 5.74. The first-order valence-corrected chi connectivity index (χ1v) is 7.57. The van der Waals surface area contributed by atoms with Crippen molar-refractivity contribution in [1.82, 2.24) is 10.2 Å². The van der Waals surface area contributed by atoms with Crippen molar-refractivity contribution >= 4 is 11.5 Å². The molecule has 6 heteroatoms. The molecule has 2 atom stereocenters. The summed E-state index contributed by atoms with van der Waals surface area (Å²) in [5, 5.41) is 23.0. The molecule has 2 aliphatic rings. The van der Waals surface area contributed by atoms with Gasteiger partial charge in [-0.2, -0.15) is 0 Å². The topological polar surface area (TPSA) is 89.4 Å². The van der Waals surface area contributed by atoms with Gasteiger partial charge in [-0.15, -0.1) is 22.3 Å². The highest BCUT2D eigenvalue weighted by atomic mass is 16.3. The molecule has 2 aliphatic heterocycles. The molecule has 1 aromatic carbocycles. The maximum atomic E-state index is 10.0. The van der Waals surface area contributed by atoms with Gasteiger partial charge in [0, 0.05) is 18.7 Å². The van der Waals surface area contributed by atoms with E-state index in [2.05, 4.69) is 15.1 Å². The Morgan fingerprint density at radius 1 is 1.14 bits per heavy atom. The third-order valence-electron chi connectivity index (χ3n) is 4.44. The minimum atomic E-state index is 0.196. The Kier molecular flexibility index (Phi) is 3.11. The molecular formula is C16H18N5O-. The summed E-state index contributed by atoms with van der Waals surface area (Å²) in [5.41, 5.74) is 8.23. The van der Waals surface area contributed by atoms with Crippen molar-refractivity contribution in [2.75, 3.05) is 23.7 Å². The van der Waals surface area contributed by atoms with Gasteiger partial charge < -0.3 is 21.1 Å². The van der Waals surface area contributed by atoms with Gasteiger partial charge in [0.05, 0.1) is 11.4 Å². The number of aromatic nitrogens is 2.